The number of hydrogen-bond acceptors (Lipinski definition) is 1. The first-order chi connectivity index (χ1) is 5.13. The minimum absolute atomic E-state index is 0.0486. The Hall–Kier alpha value is -1.05. The van der Waals surface area contributed by atoms with Crippen LogP contribution < -0.4 is 0 Å². The van der Waals surface area contributed by atoms with E-state index in [4.69, 9.17) is 5.11 Å². The Balaban J connectivity index is 2.71. The molecule has 0 spiro atoms. The Kier molecular flexibility index (Phi) is 2.13. The number of aliphatic carboxylic acids is 1. The third-order valence-corrected chi connectivity index (χ3v) is 2.05. The van der Waals surface area contributed by atoms with E-state index < -0.39 is 5.97 Å². The Bertz CT molecular complexity index is 216. The van der Waals surface area contributed by atoms with Gasteiger partial charge in [-0.15, -0.1) is 0 Å². The molecule has 0 aromatic heterocycles. The van der Waals surface area contributed by atoms with Crippen LogP contribution in [-0.2, 0) is 4.79 Å². The Morgan fingerprint density at radius 3 is 2.73 bits per heavy atom. The summed E-state index contributed by atoms with van der Waals surface area (Å²) in [6.45, 7) is 5.63. The molecule has 1 aliphatic carbocycles. The molecule has 2 heteroatoms. The molecule has 60 valence electrons. The van der Waals surface area contributed by atoms with Crippen LogP contribution in [0.4, 0.5) is 0 Å². The molecule has 0 saturated carbocycles. The molecule has 0 radical (unpaired) electrons. The van der Waals surface area contributed by atoms with E-state index in [0.717, 1.165) is 5.57 Å². The maximum absolute atomic E-state index is 10.6. The minimum atomic E-state index is -0.719. The average Bonchev–Trinajstić information content (AvgIpc) is 2.32. The fourth-order valence-corrected chi connectivity index (χ4v) is 1.41. The standard InChI is InChI=1S/C9H12O2/c1-6(2)7-4-3-5-8(7)9(10)11/h3-4,7-8H,1,5H2,2H3,(H,10,11)/t7-,8-/m1/s1. The molecule has 1 N–H and O–H groups in total. The van der Waals surface area contributed by atoms with Gasteiger partial charge >= 0.3 is 5.97 Å². The first-order valence-electron chi connectivity index (χ1n) is 3.68. The van der Waals surface area contributed by atoms with Gasteiger partial charge in [-0.05, 0) is 13.3 Å². The van der Waals surface area contributed by atoms with Crippen LogP contribution in [0, 0.1) is 11.8 Å². The van der Waals surface area contributed by atoms with Gasteiger partial charge in [-0.1, -0.05) is 24.3 Å². The predicted molar refractivity (Wildman–Crippen MR) is 43.2 cm³/mol. The molecular weight excluding hydrogens is 140 g/mol. The van der Waals surface area contributed by atoms with E-state index in [2.05, 4.69) is 6.58 Å². The smallest absolute Gasteiger partial charge is 0.307 e. The van der Waals surface area contributed by atoms with Crippen molar-refractivity contribution in [3.8, 4) is 0 Å². The van der Waals surface area contributed by atoms with E-state index >= 15 is 0 Å². The van der Waals surface area contributed by atoms with Crippen molar-refractivity contribution in [2.24, 2.45) is 11.8 Å². The van der Waals surface area contributed by atoms with E-state index in [1.165, 1.54) is 0 Å². The van der Waals surface area contributed by atoms with Gasteiger partial charge in [-0.3, -0.25) is 4.79 Å². The van der Waals surface area contributed by atoms with E-state index in [0.29, 0.717) is 6.42 Å². The van der Waals surface area contributed by atoms with Crippen LogP contribution in [0.25, 0.3) is 0 Å². The minimum Gasteiger partial charge on any atom is -0.481 e. The van der Waals surface area contributed by atoms with Crippen molar-refractivity contribution in [3.05, 3.63) is 24.3 Å². The lowest BCUT2D eigenvalue weighted by molar-refractivity contribution is -0.142. The van der Waals surface area contributed by atoms with Gasteiger partial charge in [0.1, 0.15) is 0 Å². The molecule has 2 atom stereocenters. The van der Waals surface area contributed by atoms with E-state index in [9.17, 15) is 4.79 Å². The summed E-state index contributed by atoms with van der Waals surface area (Å²) in [5.41, 5.74) is 0.936. The average molecular weight is 152 g/mol. The van der Waals surface area contributed by atoms with Crippen LogP contribution in [-0.4, -0.2) is 11.1 Å². The lowest BCUT2D eigenvalue weighted by Gasteiger charge is -2.14. The third-order valence-electron chi connectivity index (χ3n) is 2.05. The molecule has 0 unspecified atom stereocenters. The Morgan fingerprint density at radius 1 is 1.73 bits per heavy atom. The van der Waals surface area contributed by atoms with Crippen LogP contribution in [0.15, 0.2) is 24.3 Å². The number of carboxylic acids is 1. The SMILES string of the molecule is C=C(C)[C@H]1C=CC[C@H]1C(=O)O. The molecule has 1 rings (SSSR count). The third kappa shape index (κ3) is 1.50. The zero-order chi connectivity index (χ0) is 8.43. The molecule has 11 heavy (non-hydrogen) atoms. The van der Waals surface area contributed by atoms with Crippen molar-refractivity contribution < 1.29 is 9.90 Å². The van der Waals surface area contributed by atoms with Gasteiger partial charge < -0.3 is 5.11 Å². The van der Waals surface area contributed by atoms with Crippen molar-refractivity contribution in [2.75, 3.05) is 0 Å². The van der Waals surface area contributed by atoms with Crippen molar-refractivity contribution in [3.63, 3.8) is 0 Å². The highest BCUT2D eigenvalue weighted by atomic mass is 16.4. The Morgan fingerprint density at radius 2 is 2.36 bits per heavy atom. The van der Waals surface area contributed by atoms with Crippen LogP contribution in [0.3, 0.4) is 0 Å². The Labute approximate surface area is 66.2 Å². The predicted octanol–water partition coefficient (Wildman–Crippen LogP) is 1.84. The number of carboxylic acid groups (broad SMARTS) is 1. The monoisotopic (exact) mass is 152 g/mol. The van der Waals surface area contributed by atoms with Gasteiger partial charge in [-0.25, -0.2) is 0 Å². The molecule has 0 aromatic rings. The normalized spacial score (nSPS) is 28.8. The zero-order valence-corrected chi connectivity index (χ0v) is 6.58. The quantitative estimate of drug-likeness (QED) is 0.613. The van der Waals surface area contributed by atoms with Crippen LogP contribution in [0.5, 0.6) is 0 Å². The van der Waals surface area contributed by atoms with Gasteiger partial charge in [0.25, 0.3) is 0 Å². The molecule has 1 aliphatic rings. The molecule has 0 amide bonds. The topological polar surface area (TPSA) is 37.3 Å². The summed E-state index contributed by atoms with van der Waals surface area (Å²) in [6.07, 6.45) is 4.49. The zero-order valence-electron chi connectivity index (χ0n) is 6.58. The first kappa shape index (κ1) is 8.05. The number of rotatable bonds is 2. The maximum atomic E-state index is 10.6. The fraction of sp³-hybridized carbons (Fsp3) is 0.444. The van der Waals surface area contributed by atoms with Crippen molar-refractivity contribution >= 4 is 5.97 Å². The number of allylic oxidation sites excluding steroid dienone is 3. The van der Waals surface area contributed by atoms with Crippen LogP contribution in [0.2, 0.25) is 0 Å². The molecule has 0 aliphatic heterocycles. The lowest BCUT2D eigenvalue weighted by Crippen LogP contribution is -2.18. The van der Waals surface area contributed by atoms with Gasteiger partial charge in [0, 0.05) is 5.92 Å². The highest BCUT2D eigenvalue weighted by Gasteiger charge is 2.28. The summed E-state index contributed by atoms with van der Waals surface area (Å²) < 4.78 is 0. The van der Waals surface area contributed by atoms with Gasteiger partial charge in [0.15, 0.2) is 0 Å². The second-order valence-corrected chi connectivity index (χ2v) is 2.98. The summed E-state index contributed by atoms with van der Waals surface area (Å²) in [7, 11) is 0. The summed E-state index contributed by atoms with van der Waals surface area (Å²) in [5, 5.41) is 8.75. The second kappa shape index (κ2) is 2.91. The van der Waals surface area contributed by atoms with Gasteiger partial charge in [0.2, 0.25) is 0 Å². The molecular formula is C9H12O2. The molecule has 0 heterocycles. The summed E-state index contributed by atoms with van der Waals surface area (Å²) in [5.74, 6) is -0.942. The number of hydrogen-bond donors (Lipinski definition) is 1. The highest BCUT2D eigenvalue weighted by molar-refractivity contribution is 5.72. The lowest BCUT2D eigenvalue weighted by atomic mass is 9.90. The molecule has 0 fully saturated rings. The highest BCUT2D eigenvalue weighted by Crippen LogP contribution is 2.30. The molecule has 0 aromatic carbocycles. The first-order valence-corrected chi connectivity index (χ1v) is 3.68. The fourth-order valence-electron chi connectivity index (χ4n) is 1.41. The van der Waals surface area contributed by atoms with Crippen molar-refractivity contribution in [1.82, 2.24) is 0 Å². The maximum Gasteiger partial charge on any atom is 0.307 e. The van der Waals surface area contributed by atoms with Crippen LogP contribution >= 0.6 is 0 Å². The van der Waals surface area contributed by atoms with E-state index in [-0.39, 0.29) is 11.8 Å². The van der Waals surface area contributed by atoms with E-state index in [1.54, 1.807) is 0 Å². The van der Waals surface area contributed by atoms with Gasteiger partial charge in [-0.2, -0.15) is 0 Å². The van der Waals surface area contributed by atoms with Crippen LogP contribution in [0.1, 0.15) is 13.3 Å². The largest absolute Gasteiger partial charge is 0.481 e. The van der Waals surface area contributed by atoms with Crippen molar-refractivity contribution in [1.29, 1.82) is 0 Å². The molecule has 2 nitrogen and oxygen atoms in total. The van der Waals surface area contributed by atoms with Gasteiger partial charge in [0.05, 0.1) is 5.92 Å². The van der Waals surface area contributed by atoms with E-state index in [1.807, 2.05) is 19.1 Å². The molecule has 0 saturated heterocycles. The molecule has 0 bridgehead atoms. The second-order valence-electron chi connectivity index (χ2n) is 2.98. The summed E-state index contributed by atoms with van der Waals surface area (Å²) in [6, 6.07) is 0. The number of carbonyl (C=O) groups is 1. The summed E-state index contributed by atoms with van der Waals surface area (Å²) in [4.78, 5) is 10.6. The van der Waals surface area contributed by atoms with Crippen molar-refractivity contribution in [2.45, 2.75) is 13.3 Å². The summed E-state index contributed by atoms with van der Waals surface area (Å²) >= 11 is 0.